The van der Waals surface area contributed by atoms with Crippen molar-refractivity contribution in [1.82, 2.24) is 14.5 Å². The van der Waals surface area contributed by atoms with Gasteiger partial charge in [0.2, 0.25) is 0 Å². The predicted octanol–water partition coefficient (Wildman–Crippen LogP) is 3.77. The summed E-state index contributed by atoms with van der Waals surface area (Å²) < 4.78 is 8.93. The largest absolute Gasteiger partial charge is 0.491 e. The van der Waals surface area contributed by atoms with Crippen LogP contribution in [0.5, 0.6) is 5.75 Å². The summed E-state index contributed by atoms with van der Waals surface area (Å²) in [5, 5.41) is 0. The van der Waals surface area contributed by atoms with Gasteiger partial charge in [0.15, 0.2) is 0 Å². The highest BCUT2D eigenvalue weighted by Crippen LogP contribution is 2.35. The highest BCUT2D eigenvalue weighted by atomic mass is 79.9. The second kappa shape index (κ2) is 5.00. The van der Waals surface area contributed by atoms with Gasteiger partial charge in [-0.3, -0.25) is 4.98 Å². The van der Waals surface area contributed by atoms with Crippen LogP contribution in [0.1, 0.15) is 0 Å². The van der Waals surface area contributed by atoms with Crippen molar-refractivity contribution in [2.45, 2.75) is 6.54 Å². The summed E-state index contributed by atoms with van der Waals surface area (Å²) in [5.74, 6) is 1.79. The van der Waals surface area contributed by atoms with E-state index in [4.69, 9.17) is 9.72 Å². The Morgan fingerprint density at radius 1 is 1.14 bits per heavy atom. The second-order valence-electron chi connectivity index (χ2n) is 4.85. The number of hydrogen-bond donors (Lipinski definition) is 0. The maximum atomic E-state index is 5.79. The summed E-state index contributed by atoms with van der Waals surface area (Å²) in [4.78, 5) is 9.14. The van der Waals surface area contributed by atoms with Gasteiger partial charge in [0, 0.05) is 16.9 Å². The molecule has 0 fully saturated rings. The van der Waals surface area contributed by atoms with E-state index in [0.717, 1.165) is 39.5 Å². The molecule has 0 aliphatic carbocycles. The third-order valence-electron chi connectivity index (χ3n) is 3.48. The summed E-state index contributed by atoms with van der Waals surface area (Å²) in [6, 6.07) is 11.9. The van der Waals surface area contributed by atoms with Crippen LogP contribution < -0.4 is 4.74 Å². The number of nitrogens with zero attached hydrogens (tertiary/aromatic N) is 3. The minimum absolute atomic E-state index is 0.639. The summed E-state index contributed by atoms with van der Waals surface area (Å²) in [7, 11) is 0. The average molecular weight is 342 g/mol. The third-order valence-corrected chi connectivity index (χ3v) is 3.97. The Labute approximate surface area is 130 Å². The van der Waals surface area contributed by atoms with Gasteiger partial charge in [-0.05, 0) is 30.3 Å². The molecule has 0 radical (unpaired) electrons. The molecule has 104 valence electrons. The standard InChI is InChI=1S/C16H12BrN3O/c17-11-4-5-15-12(9-11)16-19-14(10-20(16)7-8-21-15)13-3-1-2-6-18-13/h1-6,9-10H,7-8H2. The lowest BCUT2D eigenvalue weighted by Gasteiger charge is -2.06. The lowest BCUT2D eigenvalue weighted by molar-refractivity contribution is 0.306. The Kier molecular flexibility index (Phi) is 3.00. The van der Waals surface area contributed by atoms with E-state index in [1.165, 1.54) is 0 Å². The van der Waals surface area contributed by atoms with Crippen molar-refractivity contribution in [2.75, 3.05) is 6.61 Å². The smallest absolute Gasteiger partial charge is 0.144 e. The number of fused-ring (bicyclic) bond motifs is 3. The molecule has 5 heteroatoms. The summed E-state index contributed by atoms with van der Waals surface area (Å²) in [6.45, 7) is 1.42. The SMILES string of the molecule is Brc1ccc2c(c1)-c1nc(-c3ccccn3)cn1CCO2. The number of pyridine rings is 1. The highest BCUT2D eigenvalue weighted by molar-refractivity contribution is 9.10. The van der Waals surface area contributed by atoms with Crippen LogP contribution in [0.4, 0.5) is 0 Å². The van der Waals surface area contributed by atoms with E-state index < -0.39 is 0 Å². The molecule has 2 aromatic heterocycles. The first-order valence-electron chi connectivity index (χ1n) is 6.72. The maximum absolute atomic E-state index is 5.79. The van der Waals surface area contributed by atoms with E-state index in [-0.39, 0.29) is 0 Å². The summed E-state index contributed by atoms with van der Waals surface area (Å²) >= 11 is 3.51. The number of aromatic nitrogens is 3. The average Bonchev–Trinajstić information content (AvgIpc) is 2.87. The molecule has 1 aromatic carbocycles. The molecule has 3 heterocycles. The van der Waals surface area contributed by atoms with Crippen LogP contribution in [0.2, 0.25) is 0 Å². The lowest BCUT2D eigenvalue weighted by Crippen LogP contribution is -2.04. The molecule has 1 aliphatic heterocycles. The van der Waals surface area contributed by atoms with Crippen LogP contribution in [0.15, 0.2) is 53.3 Å². The summed E-state index contributed by atoms with van der Waals surface area (Å²) in [5.41, 5.74) is 2.78. The van der Waals surface area contributed by atoms with Crippen molar-refractivity contribution in [3.63, 3.8) is 0 Å². The van der Waals surface area contributed by atoms with Crippen molar-refractivity contribution in [2.24, 2.45) is 0 Å². The molecule has 3 aromatic rings. The second-order valence-corrected chi connectivity index (χ2v) is 5.76. The van der Waals surface area contributed by atoms with Gasteiger partial charge in [-0.15, -0.1) is 0 Å². The monoisotopic (exact) mass is 341 g/mol. The minimum Gasteiger partial charge on any atom is -0.491 e. The molecule has 0 amide bonds. The Bertz CT molecular complexity index is 799. The van der Waals surface area contributed by atoms with Crippen LogP contribution in [0.3, 0.4) is 0 Å². The fraction of sp³-hybridized carbons (Fsp3) is 0.125. The van der Waals surface area contributed by atoms with Crippen molar-refractivity contribution in [3.8, 4) is 28.5 Å². The fourth-order valence-corrected chi connectivity index (χ4v) is 2.86. The lowest BCUT2D eigenvalue weighted by atomic mass is 10.2. The zero-order valence-corrected chi connectivity index (χ0v) is 12.7. The Hall–Kier alpha value is -2.14. The van der Waals surface area contributed by atoms with Crippen molar-refractivity contribution in [1.29, 1.82) is 0 Å². The van der Waals surface area contributed by atoms with Crippen molar-refractivity contribution in [3.05, 3.63) is 53.3 Å². The Balaban J connectivity index is 1.89. The molecule has 4 rings (SSSR count). The number of rotatable bonds is 1. The molecule has 4 nitrogen and oxygen atoms in total. The molecular weight excluding hydrogens is 330 g/mol. The molecular formula is C16H12BrN3O. The Morgan fingerprint density at radius 2 is 2.10 bits per heavy atom. The zero-order valence-electron chi connectivity index (χ0n) is 11.2. The Morgan fingerprint density at radius 3 is 2.95 bits per heavy atom. The predicted molar refractivity (Wildman–Crippen MR) is 84.1 cm³/mol. The van der Waals surface area contributed by atoms with Gasteiger partial charge >= 0.3 is 0 Å². The van der Waals surface area contributed by atoms with Crippen LogP contribution in [-0.2, 0) is 6.54 Å². The van der Waals surface area contributed by atoms with Crippen molar-refractivity contribution >= 4 is 15.9 Å². The molecule has 0 bridgehead atoms. The van der Waals surface area contributed by atoms with Gasteiger partial charge < -0.3 is 9.30 Å². The van der Waals surface area contributed by atoms with Gasteiger partial charge in [0.25, 0.3) is 0 Å². The minimum atomic E-state index is 0.639. The fourth-order valence-electron chi connectivity index (χ4n) is 2.50. The first-order valence-corrected chi connectivity index (χ1v) is 7.52. The van der Waals surface area contributed by atoms with E-state index in [9.17, 15) is 0 Å². The number of hydrogen-bond acceptors (Lipinski definition) is 3. The van der Waals surface area contributed by atoms with E-state index in [2.05, 4.69) is 25.5 Å². The number of benzene rings is 1. The number of halogens is 1. The van der Waals surface area contributed by atoms with Gasteiger partial charge in [-0.2, -0.15) is 0 Å². The van der Waals surface area contributed by atoms with E-state index >= 15 is 0 Å². The molecule has 0 unspecified atom stereocenters. The van der Waals surface area contributed by atoms with Gasteiger partial charge in [-0.25, -0.2) is 4.98 Å². The summed E-state index contributed by atoms with van der Waals surface area (Å²) in [6.07, 6.45) is 3.82. The quantitative estimate of drug-likeness (QED) is 0.676. The third kappa shape index (κ3) is 2.23. The zero-order chi connectivity index (χ0) is 14.2. The van der Waals surface area contributed by atoms with E-state index in [0.29, 0.717) is 6.61 Å². The van der Waals surface area contributed by atoms with Crippen LogP contribution in [0, 0.1) is 0 Å². The normalized spacial score (nSPS) is 13.0. The molecule has 0 saturated carbocycles. The molecule has 1 aliphatic rings. The number of imidazole rings is 1. The van der Waals surface area contributed by atoms with Crippen LogP contribution >= 0.6 is 15.9 Å². The van der Waals surface area contributed by atoms with Crippen molar-refractivity contribution < 1.29 is 4.74 Å². The molecule has 0 spiro atoms. The van der Waals surface area contributed by atoms with Crippen LogP contribution in [-0.4, -0.2) is 21.1 Å². The van der Waals surface area contributed by atoms with E-state index in [1.54, 1.807) is 6.20 Å². The molecule has 21 heavy (non-hydrogen) atoms. The number of ether oxygens (including phenoxy) is 1. The first kappa shape index (κ1) is 12.6. The van der Waals surface area contributed by atoms with Gasteiger partial charge in [0.1, 0.15) is 23.9 Å². The highest BCUT2D eigenvalue weighted by Gasteiger charge is 2.19. The molecule has 0 atom stereocenters. The maximum Gasteiger partial charge on any atom is 0.144 e. The topological polar surface area (TPSA) is 39.9 Å². The molecule has 0 N–H and O–H groups in total. The first-order chi connectivity index (χ1) is 10.3. The van der Waals surface area contributed by atoms with Crippen LogP contribution in [0.25, 0.3) is 22.8 Å². The van der Waals surface area contributed by atoms with Gasteiger partial charge in [0.05, 0.1) is 17.8 Å². The van der Waals surface area contributed by atoms with E-state index in [1.807, 2.05) is 42.6 Å². The van der Waals surface area contributed by atoms with Gasteiger partial charge in [-0.1, -0.05) is 22.0 Å². The molecule has 0 saturated heterocycles.